The largest absolute Gasteiger partial charge is 0.348 e. The van der Waals surface area contributed by atoms with E-state index in [4.69, 9.17) is 11.6 Å². The van der Waals surface area contributed by atoms with Crippen LogP contribution in [-0.4, -0.2) is 23.3 Å². The van der Waals surface area contributed by atoms with E-state index < -0.39 is 10.8 Å². The summed E-state index contributed by atoms with van der Waals surface area (Å²) in [6.07, 6.45) is 3.36. The van der Waals surface area contributed by atoms with Crippen LogP contribution in [0, 0.1) is 10.1 Å². The van der Waals surface area contributed by atoms with E-state index in [1.54, 1.807) is 18.2 Å². The lowest BCUT2D eigenvalue weighted by Crippen LogP contribution is -2.24. The Labute approximate surface area is 103 Å². The SMILES string of the molecule is O=C(NC/C=C/CCl)c1ccccc1[N+](=O)[O-]. The lowest BCUT2D eigenvalue weighted by molar-refractivity contribution is -0.385. The Morgan fingerprint density at radius 2 is 2.12 bits per heavy atom. The number of nitro groups is 1. The normalized spacial score (nSPS) is 10.4. The van der Waals surface area contributed by atoms with Gasteiger partial charge in [0.15, 0.2) is 0 Å². The van der Waals surface area contributed by atoms with E-state index in [0.717, 1.165) is 0 Å². The smallest absolute Gasteiger partial charge is 0.282 e. The van der Waals surface area contributed by atoms with E-state index in [-0.39, 0.29) is 17.8 Å². The van der Waals surface area contributed by atoms with Gasteiger partial charge in [0.05, 0.1) is 4.92 Å². The van der Waals surface area contributed by atoms with Crippen LogP contribution < -0.4 is 5.32 Å². The summed E-state index contributed by atoms with van der Waals surface area (Å²) in [6.45, 7) is 0.289. The van der Waals surface area contributed by atoms with E-state index in [0.29, 0.717) is 5.88 Å². The summed E-state index contributed by atoms with van der Waals surface area (Å²) in [5.74, 6) is -0.113. The third kappa shape index (κ3) is 3.88. The number of nitro benzene ring substituents is 1. The number of carbonyl (C=O) groups is 1. The van der Waals surface area contributed by atoms with Crippen LogP contribution >= 0.6 is 11.6 Å². The first kappa shape index (κ1) is 13.2. The van der Waals surface area contributed by atoms with E-state index in [9.17, 15) is 14.9 Å². The van der Waals surface area contributed by atoms with Gasteiger partial charge in [0.1, 0.15) is 5.56 Å². The van der Waals surface area contributed by atoms with Crippen molar-refractivity contribution in [2.45, 2.75) is 0 Å². The second-order valence-electron chi connectivity index (χ2n) is 3.11. The summed E-state index contributed by atoms with van der Waals surface area (Å²) in [5.41, 5.74) is -0.150. The van der Waals surface area contributed by atoms with Gasteiger partial charge in [0.2, 0.25) is 0 Å². The molecule has 0 spiro atoms. The molecule has 0 heterocycles. The van der Waals surface area contributed by atoms with Gasteiger partial charge in [-0.3, -0.25) is 14.9 Å². The molecule has 90 valence electrons. The number of hydrogen-bond donors (Lipinski definition) is 1. The molecule has 6 heteroatoms. The molecule has 0 aromatic heterocycles. The van der Waals surface area contributed by atoms with Crippen LogP contribution in [0.1, 0.15) is 10.4 Å². The number of nitrogens with zero attached hydrogens (tertiary/aromatic N) is 1. The van der Waals surface area contributed by atoms with Crippen LogP contribution in [0.2, 0.25) is 0 Å². The highest BCUT2D eigenvalue weighted by Gasteiger charge is 2.17. The maximum absolute atomic E-state index is 11.7. The summed E-state index contributed by atoms with van der Waals surface area (Å²) in [6, 6.07) is 5.81. The fraction of sp³-hybridized carbons (Fsp3) is 0.182. The first-order valence-electron chi connectivity index (χ1n) is 4.89. The van der Waals surface area contributed by atoms with Crippen molar-refractivity contribution in [2.24, 2.45) is 0 Å². The number of carbonyl (C=O) groups excluding carboxylic acids is 1. The zero-order valence-electron chi connectivity index (χ0n) is 8.93. The van der Waals surface area contributed by atoms with Crippen LogP contribution in [0.4, 0.5) is 5.69 Å². The van der Waals surface area contributed by atoms with Crippen molar-refractivity contribution in [1.29, 1.82) is 0 Å². The molecule has 1 rings (SSSR count). The van der Waals surface area contributed by atoms with Crippen LogP contribution in [0.5, 0.6) is 0 Å². The Morgan fingerprint density at radius 3 is 2.76 bits per heavy atom. The molecule has 5 nitrogen and oxygen atoms in total. The monoisotopic (exact) mass is 254 g/mol. The average molecular weight is 255 g/mol. The summed E-state index contributed by atoms with van der Waals surface area (Å²) in [7, 11) is 0. The van der Waals surface area contributed by atoms with Crippen molar-refractivity contribution < 1.29 is 9.72 Å². The highest BCUT2D eigenvalue weighted by atomic mass is 35.5. The van der Waals surface area contributed by atoms with Crippen molar-refractivity contribution in [3.05, 3.63) is 52.1 Å². The maximum Gasteiger partial charge on any atom is 0.282 e. The van der Waals surface area contributed by atoms with Crippen LogP contribution in [0.3, 0.4) is 0 Å². The lowest BCUT2D eigenvalue weighted by Gasteiger charge is -2.02. The molecule has 0 radical (unpaired) electrons. The minimum atomic E-state index is -0.580. The first-order valence-corrected chi connectivity index (χ1v) is 5.43. The number of nitrogens with one attached hydrogen (secondary N) is 1. The molecule has 0 atom stereocenters. The molecule has 0 saturated heterocycles. The molecule has 0 unspecified atom stereocenters. The number of para-hydroxylation sites is 1. The fourth-order valence-electron chi connectivity index (χ4n) is 1.22. The van der Waals surface area contributed by atoms with Gasteiger partial charge >= 0.3 is 0 Å². The number of benzene rings is 1. The highest BCUT2D eigenvalue weighted by Crippen LogP contribution is 2.16. The molecule has 1 N–H and O–H groups in total. The molecule has 0 saturated carbocycles. The van der Waals surface area contributed by atoms with Gasteiger partial charge in [-0.15, -0.1) is 11.6 Å². The van der Waals surface area contributed by atoms with E-state index >= 15 is 0 Å². The summed E-state index contributed by atoms with van der Waals surface area (Å²) in [5, 5.41) is 13.2. The minimum Gasteiger partial charge on any atom is -0.348 e. The minimum absolute atomic E-state index is 0.0526. The number of allylic oxidation sites excluding steroid dienone is 1. The molecule has 0 aliphatic carbocycles. The summed E-state index contributed by atoms with van der Waals surface area (Å²) in [4.78, 5) is 21.8. The molecule has 1 aromatic carbocycles. The van der Waals surface area contributed by atoms with Crippen molar-refractivity contribution in [2.75, 3.05) is 12.4 Å². The van der Waals surface area contributed by atoms with E-state index in [1.165, 1.54) is 18.2 Å². The lowest BCUT2D eigenvalue weighted by atomic mass is 10.1. The van der Waals surface area contributed by atoms with E-state index in [1.807, 2.05) is 0 Å². The van der Waals surface area contributed by atoms with Gasteiger partial charge in [-0.2, -0.15) is 0 Å². The number of alkyl halides is 1. The standard InChI is InChI=1S/C11H11ClN2O3/c12-7-3-4-8-13-11(15)9-5-1-2-6-10(9)14(16)17/h1-6H,7-8H2,(H,13,15)/b4-3+. The second kappa shape index (κ2) is 6.65. The van der Waals surface area contributed by atoms with E-state index in [2.05, 4.69) is 5.32 Å². The quantitative estimate of drug-likeness (QED) is 0.379. The maximum atomic E-state index is 11.7. The fourth-order valence-corrected chi connectivity index (χ4v) is 1.34. The van der Waals surface area contributed by atoms with Gasteiger partial charge in [-0.05, 0) is 6.07 Å². The third-order valence-electron chi connectivity index (χ3n) is 1.98. The topological polar surface area (TPSA) is 72.2 Å². The molecule has 0 fully saturated rings. The number of hydrogen-bond acceptors (Lipinski definition) is 3. The second-order valence-corrected chi connectivity index (χ2v) is 3.42. The predicted octanol–water partition coefficient (Wildman–Crippen LogP) is 2.12. The predicted molar refractivity (Wildman–Crippen MR) is 65.3 cm³/mol. The molecular weight excluding hydrogens is 244 g/mol. The Morgan fingerprint density at radius 1 is 1.41 bits per heavy atom. The third-order valence-corrected chi connectivity index (χ3v) is 2.16. The Balaban J connectivity index is 2.75. The van der Waals surface area contributed by atoms with Gasteiger partial charge in [-0.25, -0.2) is 0 Å². The number of halogens is 1. The molecule has 1 amide bonds. The van der Waals surface area contributed by atoms with Crippen LogP contribution in [-0.2, 0) is 0 Å². The summed E-state index contributed by atoms with van der Waals surface area (Å²) < 4.78 is 0. The molecule has 0 bridgehead atoms. The number of amides is 1. The molecule has 0 aliphatic rings. The van der Waals surface area contributed by atoms with Crippen molar-refractivity contribution in [3.8, 4) is 0 Å². The zero-order valence-corrected chi connectivity index (χ0v) is 9.68. The van der Waals surface area contributed by atoms with Crippen molar-refractivity contribution >= 4 is 23.2 Å². The van der Waals surface area contributed by atoms with Gasteiger partial charge in [0.25, 0.3) is 11.6 Å². The zero-order chi connectivity index (χ0) is 12.7. The molecule has 1 aromatic rings. The molecular formula is C11H11ClN2O3. The average Bonchev–Trinajstić information content (AvgIpc) is 2.34. The highest BCUT2D eigenvalue weighted by molar-refractivity contribution is 6.18. The van der Waals surface area contributed by atoms with Gasteiger partial charge < -0.3 is 5.32 Å². The summed E-state index contributed by atoms with van der Waals surface area (Å²) >= 11 is 5.41. The van der Waals surface area contributed by atoms with Crippen LogP contribution in [0.25, 0.3) is 0 Å². The van der Waals surface area contributed by atoms with Gasteiger partial charge in [0, 0.05) is 18.5 Å². The first-order chi connectivity index (χ1) is 8.16. The molecule has 0 aliphatic heterocycles. The number of rotatable bonds is 5. The van der Waals surface area contributed by atoms with Crippen molar-refractivity contribution in [3.63, 3.8) is 0 Å². The Bertz CT molecular complexity index is 446. The Hall–Kier alpha value is -1.88. The molecule has 17 heavy (non-hydrogen) atoms. The van der Waals surface area contributed by atoms with Gasteiger partial charge in [-0.1, -0.05) is 24.3 Å². The van der Waals surface area contributed by atoms with Crippen LogP contribution in [0.15, 0.2) is 36.4 Å². The Kier molecular flexibility index (Phi) is 5.16. The van der Waals surface area contributed by atoms with Crippen molar-refractivity contribution in [1.82, 2.24) is 5.32 Å².